The van der Waals surface area contributed by atoms with Gasteiger partial charge in [-0.1, -0.05) is 66.2 Å². The second-order valence-electron chi connectivity index (χ2n) is 7.81. The summed E-state index contributed by atoms with van der Waals surface area (Å²) in [6, 6.07) is 17.3. The van der Waals surface area contributed by atoms with Gasteiger partial charge in [0, 0.05) is 7.05 Å². The van der Waals surface area contributed by atoms with E-state index >= 15 is 0 Å². The van der Waals surface area contributed by atoms with Crippen LogP contribution in [0.4, 0.5) is 0 Å². The molecule has 1 N–H and O–H groups in total. The maximum Gasteiger partial charge on any atom is 0.230 e. The van der Waals surface area contributed by atoms with Crippen molar-refractivity contribution in [3.63, 3.8) is 0 Å². The summed E-state index contributed by atoms with van der Waals surface area (Å²) in [5.41, 5.74) is 4.29. The Labute approximate surface area is 169 Å². The number of aryl methyl sites for hydroxylation is 1. The average molecular weight is 380 g/mol. The molecule has 0 aromatic heterocycles. The van der Waals surface area contributed by atoms with Crippen LogP contribution < -0.4 is 0 Å². The first-order valence-electron chi connectivity index (χ1n) is 10.0. The van der Waals surface area contributed by atoms with Crippen LogP contribution in [0.25, 0.3) is 0 Å². The third-order valence-corrected chi connectivity index (χ3v) is 5.43. The first kappa shape index (κ1) is 21.9. The Hall–Kier alpha value is -2.39. The zero-order valence-electron chi connectivity index (χ0n) is 17.7. The largest absolute Gasteiger partial charge is 0.386 e. The van der Waals surface area contributed by atoms with E-state index in [0.29, 0.717) is 0 Å². The highest BCUT2D eigenvalue weighted by Gasteiger charge is 2.30. The second kappa shape index (κ2) is 10.2. The molecule has 0 heterocycles. The summed E-state index contributed by atoms with van der Waals surface area (Å²) in [6.45, 7) is 8.11. The highest BCUT2D eigenvalue weighted by molar-refractivity contribution is 5.84. The molecule has 1 amide bonds. The molecule has 0 spiro atoms. The van der Waals surface area contributed by atoms with Crippen LogP contribution in [-0.4, -0.2) is 29.0 Å². The van der Waals surface area contributed by atoms with Gasteiger partial charge in [-0.15, -0.1) is 0 Å². The van der Waals surface area contributed by atoms with E-state index in [4.69, 9.17) is 0 Å². The molecule has 3 atom stereocenters. The van der Waals surface area contributed by atoms with Gasteiger partial charge in [-0.2, -0.15) is 0 Å². The fourth-order valence-corrected chi connectivity index (χ4v) is 3.52. The van der Waals surface area contributed by atoms with Crippen molar-refractivity contribution in [3.8, 4) is 0 Å². The number of hydrogen-bond acceptors (Lipinski definition) is 2. The molecule has 0 saturated heterocycles. The number of hydrogen-bond donors (Lipinski definition) is 1. The molecule has 3 heteroatoms. The molecule has 0 saturated carbocycles. The fourth-order valence-electron chi connectivity index (χ4n) is 3.52. The topological polar surface area (TPSA) is 40.5 Å². The molecular weight excluding hydrogens is 346 g/mol. The molecule has 0 radical (unpaired) electrons. The Bertz CT molecular complexity index is 793. The molecule has 150 valence electrons. The minimum Gasteiger partial charge on any atom is -0.386 e. The lowest BCUT2D eigenvalue weighted by Gasteiger charge is -2.32. The first-order valence-corrected chi connectivity index (χ1v) is 10.0. The Morgan fingerprint density at radius 1 is 1.07 bits per heavy atom. The van der Waals surface area contributed by atoms with Crippen molar-refractivity contribution in [1.82, 2.24) is 4.90 Å². The lowest BCUT2D eigenvalue weighted by molar-refractivity contribution is -0.135. The van der Waals surface area contributed by atoms with Crippen LogP contribution in [0, 0.1) is 6.92 Å². The van der Waals surface area contributed by atoms with E-state index in [1.54, 1.807) is 11.9 Å². The predicted molar refractivity (Wildman–Crippen MR) is 116 cm³/mol. The van der Waals surface area contributed by atoms with Crippen LogP contribution in [0.15, 0.2) is 66.2 Å². The minimum atomic E-state index is -0.717. The van der Waals surface area contributed by atoms with Gasteiger partial charge in [0.2, 0.25) is 5.91 Å². The summed E-state index contributed by atoms with van der Waals surface area (Å²) in [5.74, 6) is -0.161. The molecule has 2 aromatic carbocycles. The first-order chi connectivity index (χ1) is 13.3. The lowest BCUT2D eigenvalue weighted by Crippen LogP contribution is -2.41. The van der Waals surface area contributed by atoms with E-state index in [2.05, 4.69) is 32.9 Å². The van der Waals surface area contributed by atoms with Gasteiger partial charge in [0.1, 0.15) is 0 Å². The van der Waals surface area contributed by atoms with Gasteiger partial charge in [0.05, 0.1) is 18.1 Å². The van der Waals surface area contributed by atoms with E-state index in [9.17, 15) is 9.90 Å². The van der Waals surface area contributed by atoms with Crippen molar-refractivity contribution >= 4 is 5.91 Å². The predicted octanol–water partition coefficient (Wildman–Crippen LogP) is 5.41. The van der Waals surface area contributed by atoms with E-state index in [-0.39, 0.29) is 17.9 Å². The summed E-state index contributed by atoms with van der Waals surface area (Å²) in [7, 11) is 1.80. The number of aliphatic hydroxyl groups is 1. The quantitative estimate of drug-likeness (QED) is 0.623. The molecule has 28 heavy (non-hydrogen) atoms. The van der Waals surface area contributed by atoms with Crippen LogP contribution in [0.2, 0.25) is 0 Å². The van der Waals surface area contributed by atoms with Crippen LogP contribution >= 0.6 is 0 Å². The van der Waals surface area contributed by atoms with Gasteiger partial charge >= 0.3 is 0 Å². The van der Waals surface area contributed by atoms with Gasteiger partial charge in [-0.25, -0.2) is 0 Å². The standard InChI is InChI=1S/C25H33NO2/c1-18(2)12-11-17-23(22-16-10-9-13-19(22)3)25(28)26(5)20(4)24(27)21-14-7-6-8-15-21/h6-10,12-16,20,23-24,27H,11,17H2,1-5H3/t20-,23-,24+/m1/s1. The van der Waals surface area contributed by atoms with Crippen molar-refractivity contribution in [2.45, 2.75) is 58.6 Å². The number of nitrogens with zero attached hydrogens (tertiary/aromatic N) is 1. The molecule has 0 unspecified atom stereocenters. The summed E-state index contributed by atoms with van der Waals surface area (Å²) in [5, 5.41) is 10.8. The monoisotopic (exact) mass is 379 g/mol. The molecule has 0 aliphatic carbocycles. The number of rotatable bonds is 8. The highest BCUT2D eigenvalue weighted by Crippen LogP contribution is 2.29. The maximum atomic E-state index is 13.4. The average Bonchev–Trinajstić information content (AvgIpc) is 2.70. The van der Waals surface area contributed by atoms with Crippen molar-refractivity contribution < 1.29 is 9.90 Å². The Kier molecular flexibility index (Phi) is 8.01. The summed E-state index contributed by atoms with van der Waals surface area (Å²) in [6.07, 6.45) is 3.08. The van der Waals surface area contributed by atoms with Crippen LogP contribution in [0.1, 0.15) is 62.3 Å². The molecule has 0 aliphatic heterocycles. The van der Waals surface area contributed by atoms with Crippen molar-refractivity contribution in [2.24, 2.45) is 0 Å². The number of allylic oxidation sites excluding steroid dienone is 2. The molecule has 0 aliphatic rings. The number of carbonyl (C=O) groups excluding carboxylic acids is 1. The number of benzene rings is 2. The maximum absolute atomic E-state index is 13.4. The Morgan fingerprint density at radius 2 is 1.68 bits per heavy atom. The van der Waals surface area contributed by atoms with E-state index < -0.39 is 6.10 Å². The van der Waals surface area contributed by atoms with Gasteiger partial charge in [0.15, 0.2) is 0 Å². The number of carbonyl (C=O) groups is 1. The van der Waals surface area contributed by atoms with Gasteiger partial charge < -0.3 is 10.0 Å². The van der Waals surface area contributed by atoms with Gasteiger partial charge in [-0.05, 0) is 57.2 Å². The summed E-state index contributed by atoms with van der Waals surface area (Å²) < 4.78 is 0. The van der Waals surface area contributed by atoms with E-state index in [0.717, 1.165) is 29.5 Å². The Balaban J connectivity index is 2.24. The van der Waals surface area contributed by atoms with Crippen molar-refractivity contribution in [2.75, 3.05) is 7.05 Å². The number of likely N-dealkylation sites (N-methyl/N-ethyl adjacent to an activating group) is 1. The van der Waals surface area contributed by atoms with E-state index in [1.165, 1.54) is 5.57 Å². The van der Waals surface area contributed by atoms with Crippen LogP contribution in [0.3, 0.4) is 0 Å². The summed E-state index contributed by atoms with van der Waals surface area (Å²) >= 11 is 0. The lowest BCUT2D eigenvalue weighted by atomic mass is 9.88. The van der Waals surface area contributed by atoms with Gasteiger partial charge in [-0.3, -0.25) is 4.79 Å². The highest BCUT2D eigenvalue weighted by atomic mass is 16.3. The SMILES string of the molecule is CC(C)=CCC[C@@H](C(=O)N(C)[C@H](C)[C@H](O)c1ccccc1)c1ccccc1C. The zero-order chi connectivity index (χ0) is 20.7. The molecular formula is C25H33NO2. The third kappa shape index (κ3) is 5.56. The number of aliphatic hydroxyl groups excluding tert-OH is 1. The third-order valence-electron chi connectivity index (χ3n) is 5.43. The van der Waals surface area contributed by atoms with Crippen LogP contribution in [0.5, 0.6) is 0 Å². The van der Waals surface area contributed by atoms with Gasteiger partial charge in [0.25, 0.3) is 0 Å². The van der Waals surface area contributed by atoms with Crippen molar-refractivity contribution in [1.29, 1.82) is 0 Å². The minimum absolute atomic E-state index is 0.0546. The van der Waals surface area contributed by atoms with Crippen LogP contribution in [-0.2, 0) is 4.79 Å². The molecule has 2 rings (SSSR count). The fraction of sp³-hybridized carbons (Fsp3) is 0.400. The second-order valence-corrected chi connectivity index (χ2v) is 7.81. The molecule has 2 aromatic rings. The van der Waals surface area contributed by atoms with E-state index in [1.807, 2.05) is 55.5 Å². The molecule has 0 bridgehead atoms. The van der Waals surface area contributed by atoms with Crippen molar-refractivity contribution in [3.05, 3.63) is 82.9 Å². The molecule has 0 fully saturated rings. The summed E-state index contributed by atoms with van der Waals surface area (Å²) in [4.78, 5) is 15.1. The molecule has 3 nitrogen and oxygen atoms in total. The normalized spacial score (nSPS) is 14.1. The Morgan fingerprint density at radius 3 is 2.29 bits per heavy atom. The number of amides is 1. The zero-order valence-corrected chi connectivity index (χ0v) is 17.7. The smallest absolute Gasteiger partial charge is 0.230 e.